The van der Waals surface area contributed by atoms with Crippen molar-refractivity contribution in [2.45, 2.75) is 32.7 Å². The molecule has 0 amide bonds. The van der Waals surface area contributed by atoms with Crippen LogP contribution in [0.2, 0.25) is 0 Å². The second kappa shape index (κ2) is 8.64. The number of nitrogens with one attached hydrogen (secondary N) is 1. The van der Waals surface area contributed by atoms with Crippen molar-refractivity contribution < 1.29 is 22.6 Å². The fourth-order valence-electron chi connectivity index (χ4n) is 2.91. The molecular formula is C19H23F3N4O2. The molecule has 2 aromatic rings. The number of rotatable bonds is 6. The molecule has 0 spiro atoms. The SMILES string of the molecule is CC(C)Oc1ccc(CNc2cc(N3CCOCC3)ncn2)c(C(F)(F)F)c1. The highest BCUT2D eigenvalue weighted by Crippen LogP contribution is 2.35. The number of alkyl halides is 3. The summed E-state index contributed by atoms with van der Waals surface area (Å²) in [6.45, 7) is 6.18. The maximum atomic E-state index is 13.5. The average Bonchev–Trinajstić information content (AvgIpc) is 2.67. The van der Waals surface area contributed by atoms with E-state index in [4.69, 9.17) is 9.47 Å². The molecule has 152 valence electrons. The highest BCUT2D eigenvalue weighted by Gasteiger charge is 2.33. The van der Waals surface area contributed by atoms with Crippen LogP contribution >= 0.6 is 0 Å². The summed E-state index contributed by atoms with van der Waals surface area (Å²) in [5, 5.41) is 2.96. The van der Waals surface area contributed by atoms with Gasteiger partial charge >= 0.3 is 6.18 Å². The first-order valence-electron chi connectivity index (χ1n) is 9.08. The molecule has 1 aliphatic heterocycles. The van der Waals surface area contributed by atoms with Gasteiger partial charge in [0.1, 0.15) is 23.7 Å². The Morgan fingerprint density at radius 3 is 2.61 bits per heavy atom. The molecule has 0 bridgehead atoms. The van der Waals surface area contributed by atoms with Crippen LogP contribution in [0.4, 0.5) is 24.8 Å². The van der Waals surface area contributed by atoms with Crippen LogP contribution in [-0.4, -0.2) is 42.4 Å². The summed E-state index contributed by atoms with van der Waals surface area (Å²) >= 11 is 0. The summed E-state index contributed by atoms with van der Waals surface area (Å²) in [4.78, 5) is 10.4. The van der Waals surface area contributed by atoms with Crippen molar-refractivity contribution in [3.63, 3.8) is 0 Å². The number of aromatic nitrogens is 2. The largest absolute Gasteiger partial charge is 0.491 e. The lowest BCUT2D eigenvalue weighted by molar-refractivity contribution is -0.138. The van der Waals surface area contributed by atoms with Gasteiger partial charge in [0.2, 0.25) is 0 Å². The van der Waals surface area contributed by atoms with Gasteiger partial charge in [-0.3, -0.25) is 0 Å². The van der Waals surface area contributed by atoms with Gasteiger partial charge in [-0.1, -0.05) is 6.07 Å². The van der Waals surface area contributed by atoms with Crippen molar-refractivity contribution in [3.05, 3.63) is 41.7 Å². The lowest BCUT2D eigenvalue weighted by atomic mass is 10.1. The Bertz CT molecular complexity index is 793. The lowest BCUT2D eigenvalue weighted by Gasteiger charge is -2.27. The normalized spacial score (nSPS) is 15.0. The van der Waals surface area contributed by atoms with Gasteiger partial charge < -0.3 is 19.7 Å². The zero-order valence-electron chi connectivity index (χ0n) is 15.8. The third-order valence-electron chi connectivity index (χ3n) is 4.21. The first kappa shape index (κ1) is 20.2. The molecule has 28 heavy (non-hydrogen) atoms. The summed E-state index contributed by atoms with van der Waals surface area (Å²) < 4.78 is 51.1. The number of hydrogen-bond acceptors (Lipinski definition) is 6. The molecule has 1 aromatic carbocycles. The molecule has 1 saturated heterocycles. The minimum atomic E-state index is -4.47. The van der Waals surface area contributed by atoms with Gasteiger partial charge in [-0.15, -0.1) is 0 Å². The van der Waals surface area contributed by atoms with Gasteiger partial charge in [0.25, 0.3) is 0 Å². The van der Waals surface area contributed by atoms with Gasteiger partial charge in [0.05, 0.1) is 24.9 Å². The maximum absolute atomic E-state index is 13.5. The summed E-state index contributed by atoms with van der Waals surface area (Å²) in [5.74, 6) is 1.38. The van der Waals surface area contributed by atoms with E-state index in [0.717, 1.165) is 11.9 Å². The molecule has 2 heterocycles. The van der Waals surface area contributed by atoms with Crippen molar-refractivity contribution in [2.75, 3.05) is 36.5 Å². The van der Waals surface area contributed by atoms with E-state index in [9.17, 15) is 13.2 Å². The summed E-state index contributed by atoms with van der Waals surface area (Å²) in [6, 6.07) is 5.74. The Kier molecular flexibility index (Phi) is 6.23. The summed E-state index contributed by atoms with van der Waals surface area (Å²) in [7, 11) is 0. The Hall–Kier alpha value is -2.55. The van der Waals surface area contributed by atoms with Crippen LogP contribution in [0.15, 0.2) is 30.6 Å². The topological polar surface area (TPSA) is 59.5 Å². The van der Waals surface area contributed by atoms with E-state index in [1.54, 1.807) is 26.0 Å². The van der Waals surface area contributed by atoms with Gasteiger partial charge in [0, 0.05) is 25.7 Å². The molecule has 1 fully saturated rings. The lowest BCUT2D eigenvalue weighted by Crippen LogP contribution is -2.36. The van der Waals surface area contributed by atoms with E-state index in [-0.39, 0.29) is 24.0 Å². The Morgan fingerprint density at radius 2 is 1.93 bits per heavy atom. The van der Waals surface area contributed by atoms with E-state index in [0.29, 0.717) is 32.1 Å². The summed E-state index contributed by atoms with van der Waals surface area (Å²) in [5.41, 5.74) is -0.601. The number of anilines is 2. The Balaban J connectivity index is 1.75. The second-order valence-corrected chi connectivity index (χ2v) is 6.70. The van der Waals surface area contributed by atoms with Crippen LogP contribution in [0.5, 0.6) is 5.75 Å². The van der Waals surface area contributed by atoms with Crippen molar-refractivity contribution in [1.29, 1.82) is 0 Å². The zero-order chi connectivity index (χ0) is 20.1. The van der Waals surface area contributed by atoms with E-state index in [1.165, 1.54) is 12.4 Å². The van der Waals surface area contributed by atoms with Crippen molar-refractivity contribution in [3.8, 4) is 5.75 Å². The fraction of sp³-hybridized carbons (Fsp3) is 0.474. The molecular weight excluding hydrogens is 373 g/mol. The standard InChI is InChI=1S/C19H23F3N4O2/c1-13(2)28-15-4-3-14(16(9-15)19(20,21)22)11-23-17-10-18(25-12-24-17)26-5-7-27-8-6-26/h3-4,9-10,12-13H,5-8,11H2,1-2H3,(H,23,24,25). The molecule has 0 saturated carbocycles. The molecule has 0 aliphatic carbocycles. The smallest absolute Gasteiger partial charge is 0.416 e. The van der Waals surface area contributed by atoms with E-state index < -0.39 is 11.7 Å². The van der Waals surface area contributed by atoms with Crippen molar-refractivity contribution in [2.24, 2.45) is 0 Å². The number of ether oxygens (including phenoxy) is 2. The first-order chi connectivity index (χ1) is 13.3. The minimum absolute atomic E-state index is 0.0175. The zero-order valence-corrected chi connectivity index (χ0v) is 15.8. The molecule has 0 atom stereocenters. The third-order valence-corrected chi connectivity index (χ3v) is 4.21. The third kappa shape index (κ3) is 5.25. The monoisotopic (exact) mass is 396 g/mol. The molecule has 9 heteroatoms. The van der Waals surface area contributed by atoms with Gasteiger partial charge in [-0.05, 0) is 31.5 Å². The molecule has 1 N–H and O–H groups in total. The molecule has 6 nitrogen and oxygen atoms in total. The average molecular weight is 396 g/mol. The van der Waals surface area contributed by atoms with Gasteiger partial charge in [-0.25, -0.2) is 9.97 Å². The van der Waals surface area contributed by atoms with Gasteiger partial charge in [-0.2, -0.15) is 13.2 Å². The fourth-order valence-corrected chi connectivity index (χ4v) is 2.91. The summed E-state index contributed by atoms with van der Waals surface area (Å²) in [6.07, 6.45) is -3.28. The number of benzene rings is 1. The Labute approximate surface area is 161 Å². The predicted octanol–water partition coefficient (Wildman–Crippen LogP) is 3.73. The molecule has 0 unspecified atom stereocenters. The number of hydrogen-bond donors (Lipinski definition) is 1. The van der Waals surface area contributed by atoms with E-state index >= 15 is 0 Å². The second-order valence-electron chi connectivity index (χ2n) is 6.70. The molecule has 0 radical (unpaired) electrons. The van der Waals surface area contributed by atoms with E-state index in [2.05, 4.69) is 20.2 Å². The molecule has 1 aromatic heterocycles. The highest BCUT2D eigenvalue weighted by molar-refractivity contribution is 5.49. The minimum Gasteiger partial charge on any atom is -0.491 e. The van der Waals surface area contributed by atoms with Crippen LogP contribution < -0.4 is 15.0 Å². The van der Waals surface area contributed by atoms with Crippen LogP contribution in [0.25, 0.3) is 0 Å². The van der Waals surface area contributed by atoms with Crippen molar-refractivity contribution in [1.82, 2.24) is 9.97 Å². The van der Waals surface area contributed by atoms with Crippen LogP contribution in [0.1, 0.15) is 25.0 Å². The quantitative estimate of drug-likeness (QED) is 0.803. The highest BCUT2D eigenvalue weighted by atomic mass is 19.4. The molecule has 1 aliphatic rings. The van der Waals surface area contributed by atoms with Crippen LogP contribution in [0.3, 0.4) is 0 Å². The van der Waals surface area contributed by atoms with Crippen LogP contribution in [0, 0.1) is 0 Å². The van der Waals surface area contributed by atoms with E-state index in [1.807, 2.05) is 0 Å². The first-order valence-corrected chi connectivity index (χ1v) is 9.08. The molecule has 3 rings (SSSR count). The van der Waals surface area contributed by atoms with Crippen molar-refractivity contribution >= 4 is 11.6 Å². The number of nitrogens with zero attached hydrogens (tertiary/aromatic N) is 3. The maximum Gasteiger partial charge on any atom is 0.416 e. The Morgan fingerprint density at radius 1 is 1.18 bits per heavy atom. The van der Waals surface area contributed by atoms with Crippen LogP contribution in [-0.2, 0) is 17.5 Å². The predicted molar refractivity (Wildman–Crippen MR) is 99.6 cm³/mol. The number of morpholine rings is 1. The number of halogens is 3. The van der Waals surface area contributed by atoms with Gasteiger partial charge in [0.15, 0.2) is 0 Å².